The average Bonchev–Trinajstić information content (AvgIpc) is 3.33. The predicted molar refractivity (Wildman–Crippen MR) is 111 cm³/mol. The number of rotatable bonds is 6. The average molecular weight is 412 g/mol. The quantitative estimate of drug-likeness (QED) is 0.515. The van der Waals surface area contributed by atoms with Gasteiger partial charge >= 0.3 is 18.0 Å². The third-order valence-electron chi connectivity index (χ3n) is 5.78. The molecule has 3 aliphatic rings. The summed E-state index contributed by atoms with van der Waals surface area (Å²) in [6, 6.07) is 7.12. The van der Waals surface area contributed by atoms with Crippen LogP contribution in [0.25, 0.3) is 0 Å². The number of guanidine groups is 1. The number of aliphatic imine (C=N–C) groups is 1. The molecule has 3 amide bonds. The van der Waals surface area contributed by atoms with Gasteiger partial charge in [0.15, 0.2) is 0 Å². The summed E-state index contributed by atoms with van der Waals surface area (Å²) in [6.07, 6.45) is 3.38. The lowest BCUT2D eigenvalue weighted by Crippen LogP contribution is -2.63. The number of urea groups is 1. The standard InChI is InChI=1S/C21H26N5O4/c1-4-5-6-14-7-9-15(10-8-14)24-11-12-25-17-18(22-20(24)25)23(2)21(29)26(19(17)28)13-16(27)30-3/h7-10,17H,4-6,11-13H2,1-3H3/q+1. The smallest absolute Gasteiger partial charge is 0.397 e. The lowest BCUT2D eigenvalue weighted by Gasteiger charge is -2.33. The van der Waals surface area contributed by atoms with E-state index in [2.05, 4.69) is 45.8 Å². The molecular weight excluding hydrogens is 386 g/mol. The highest BCUT2D eigenvalue weighted by atomic mass is 16.5. The number of anilines is 1. The van der Waals surface area contributed by atoms with E-state index in [1.807, 2.05) is 4.58 Å². The summed E-state index contributed by atoms with van der Waals surface area (Å²) in [4.78, 5) is 46.3. The van der Waals surface area contributed by atoms with Crippen molar-refractivity contribution in [2.75, 3.05) is 38.7 Å². The van der Waals surface area contributed by atoms with Crippen molar-refractivity contribution in [2.24, 2.45) is 4.99 Å². The molecule has 3 aliphatic heterocycles. The maximum Gasteiger partial charge on any atom is 0.397 e. The zero-order valence-corrected chi connectivity index (χ0v) is 17.5. The van der Waals surface area contributed by atoms with E-state index in [1.54, 1.807) is 7.05 Å². The molecule has 158 valence electrons. The van der Waals surface area contributed by atoms with Crippen molar-refractivity contribution in [3.8, 4) is 0 Å². The number of hydrogen-bond donors (Lipinski definition) is 0. The normalized spacial score (nSPS) is 20.6. The second kappa shape index (κ2) is 7.89. The van der Waals surface area contributed by atoms with Crippen LogP contribution in [-0.2, 0) is 20.7 Å². The Labute approximate surface area is 175 Å². The molecule has 3 heterocycles. The van der Waals surface area contributed by atoms with Crippen LogP contribution in [0, 0.1) is 0 Å². The summed E-state index contributed by atoms with van der Waals surface area (Å²) in [5.74, 6) is -0.0393. The fourth-order valence-corrected chi connectivity index (χ4v) is 4.07. The summed E-state index contributed by atoms with van der Waals surface area (Å²) < 4.78 is 6.53. The number of ether oxygens (including phenoxy) is 1. The van der Waals surface area contributed by atoms with E-state index in [0.717, 1.165) is 29.8 Å². The van der Waals surface area contributed by atoms with Gasteiger partial charge in [-0.15, -0.1) is 0 Å². The summed E-state index contributed by atoms with van der Waals surface area (Å²) in [7, 11) is 2.80. The molecule has 0 spiro atoms. The largest absolute Gasteiger partial charge is 0.468 e. The fraction of sp³-hybridized carbons (Fsp3) is 0.476. The van der Waals surface area contributed by atoms with E-state index < -0.39 is 30.5 Å². The number of carbonyl (C=O) groups is 3. The second-order valence-electron chi connectivity index (χ2n) is 7.63. The van der Waals surface area contributed by atoms with Crippen LogP contribution < -0.4 is 4.90 Å². The SMILES string of the molecule is CCCCc1ccc(N2CC[N+]3=C2N=C2C3C(=O)N(CC(=O)OC)C(=O)N2C)cc1. The minimum absolute atomic E-state index is 0.394. The highest BCUT2D eigenvalue weighted by Gasteiger charge is 2.55. The van der Waals surface area contributed by atoms with Gasteiger partial charge in [0.1, 0.15) is 18.8 Å². The summed E-state index contributed by atoms with van der Waals surface area (Å²) >= 11 is 0. The van der Waals surface area contributed by atoms with Crippen LogP contribution in [0.15, 0.2) is 29.3 Å². The number of aryl methyl sites for hydroxylation is 1. The molecule has 1 aromatic carbocycles. The Morgan fingerprint density at radius 1 is 1.27 bits per heavy atom. The molecule has 1 fully saturated rings. The Morgan fingerprint density at radius 3 is 2.67 bits per heavy atom. The van der Waals surface area contributed by atoms with E-state index in [9.17, 15) is 14.4 Å². The fourth-order valence-electron chi connectivity index (χ4n) is 4.07. The predicted octanol–water partition coefficient (Wildman–Crippen LogP) is 1.07. The molecule has 1 aromatic rings. The lowest BCUT2D eigenvalue weighted by molar-refractivity contribution is -0.525. The number of unbranched alkanes of at least 4 members (excludes halogenated alkanes) is 1. The van der Waals surface area contributed by atoms with Gasteiger partial charge in [0.2, 0.25) is 11.9 Å². The molecule has 0 aromatic heterocycles. The zero-order chi connectivity index (χ0) is 21.4. The van der Waals surface area contributed by atoms with Crippen LogP contribution in [0.4, 0.5) is 10.5 Å². The van der Waals surface area contributed by atoms with Gasteiger partial charge in [-0.05, 0) is 30.5 Å². The van der Waals surface area contributed by atoms with Gasteiger partial charge in [0, 0.05) is 7.05 Å². The number of likely N-dealkylation sites (N-methyl/N-ethyl adjacent to an activating group) is 1. The molecule has 0 radical (unpaired) electrons. The minimum Gasteiger partial charge on any atom is -0.468 e. The van der Waals surface area contributed by atoms with Crippen LogP contribution in [0.1, 0.15) is 25.3 Å². The van der Waals surface area contributed by atoms with E-state index in [-0.39, 0.29) is 0 Å². The van der Waals surface area contributed by atoms with Crippen LogP contribution in [-0.4, -0.2) is 83.9 Å². The van der Waals surface area contributed by atoms with Crippen molar-refractivity contribution in [1.82, 2.24) is 9.80 Å². The van der Waals surface area contributed by atoms with E-state index in [0.29, 0.717) is 24.9 Å². The van der Waals surface area contributed by atoms with Crippen LogP contribution in [0.2, 0.25) is 0 Å². The maximum atomic E-state index is 13.1. The number of esters is 1. The molecule has 1 atom stereocenters. The maximum absolute atomic E-state index is 13.1. The molecule has 30 heavy (non-hydrogen) atoms. The van der Waals surface area contributed by atoms with Crippen molar-refractivity contribution in [2.45, 2.75) is 32.2 Å². The lowest BCUT2D eigenvalue weighted by atomic mass is 10.1. The van der Waals surface area contributed by atoms with Gasteiger partial charge in [-0.2, -0.15) is 0 Å². The number of benzene rings is 1. The van der Waals surface area contributed by atoms with Crippen molar-refractivity contribution >= 4 is 35.4 Å². The number of nitrogens with zero attached hydrogens (tertiary/aromatic N) is 5. The van der Waals surface area contributed by atoms with Gasteiger partial charge in [-0.3, -0.25) is 14.5 Å². The first-order valence-corrected chi connectivity index (χ1v) is 10.2. The van der Waals surface area contributed by atoms with Crippen LogP contribution >= 0.6 is 0 Å². The van der Waals surface area contributed by atoms with Gasteiger partial charge in [-0.25, -0.2) is 19.2 Å². The molecule has 0 bridgehead atoms. The van der Waals surface area contributed by atoms with Gasteiger partial charge < -0.3 is 4.74 Å². The number of fused-ring (bicyclic) bond motifs is 2. The highest BCUT2D eigenvalue weighted by molar-refractivity contribution is 6.24. The summed E-state index contributed by atoms with van der Waals surface area (Å²) in [5.41, 5.74) is 2.30. The molecule has 9 heteroatoms. The van der Waals surface area contributed by atoms with Gasteiger partial charge in [-0.1, -0.05) is 30.5 Å². The number of carbonyl (C=O) groups excluding carboxylic acids is 3. The Balaban J connectivity index is 1.60. The Morgan fingerprint density at radius 2 is 2.00 bits per heavy atom. The summed E-state index contributed by atoms with van der Waals surface area (Å²) in [5, 5.41) is 0. The van der Waals surface area contributed by atoms with Crippen molar-refractivity contribution in [1.29, 1.82) is 0 Å². The van der Waals surface area contributed by atoms with Crippen molar-refractivity contribution in [3.63, 3.8) is 0 Å². The monoisotopic (exact) mass is 412 g/mol. The van der Waals surface area contributed by atoms with Crippen LogP contribution in [0.5, 0.6) is 0 Å². The van der Waals surface area contributed by atoms with E-state index in [1.165, 1.54) is 17.6 Å². The Bertz CT molecular complexity index is 953. The number of amides is 3. The van der Waals surface area contributed by atoms with Crippen LogP contribution in [0.3, 0.4) is 0 Å². The molecule has 0 saturated carbocycles. The third-order valence-corrected chi connectivity index (χ3v) is 5.78. The number of hydrogen-bond acceptors (Lipinski definition) is 6. The second-order valence-corrected chi connectivity index (χ2v) is 7.63. The first-order chi connectivity index (χ1) is 14.5. The van der Waals surface area contributed by atoms with Gasteiger partial charge in [0.05, 0.1) is 13.7 Å². The first-order valence-electron chi connectivity index (χ1n) is 10.2. The highest BCUT2D eigenvalue weighted by Crippen LogP contribution is 2.27. The van der Waals surface area contributed by atoms with E-state index >= 15 is 0 Å². The molecule has 4 rings (SSSR count). The first kappa shape index (κ1) is 20.1. The molecule has 0 N–H and O–H groups in total. The molecular formula is C21H26N5O4+. The molecule has 0 aliphatic carbocycles. The zero-order valence-electron chi connectivity index (χ0n) is 17.5. The number of amidine groups is 1. The third kappa shape index (κ3) is 3.24. The Hall–Kier alpha value is -3.23. The minimum atomic E-state index is -0.707. The van der Waals surface area contributed by atoms with Crippen molar-refractivity contribution in [3.05, 3.63) is 29.8 Å². The topological polar surface area (TPSA) is 85.5 Å². The molecule has 9 nitrogen and oxygen atoms in total. The number of imide groups is 1. The molecule has 1 saturated heterocycles. The number of methoxy groups -OCH3 is 1. The Kier molecular flexibility index (Phi) is 5.27. The van der Waals surface area contributed by atoms with E-state index in [4.69, 9.17) is 0 Å². The van der Waals surface area contributed by atoms with Gasteiger partial charge in [0.25, 0.3) is 5.91 Å². The van der Waals surface area contributed by atoms with Crippen molar-refractivity contribution < 1.29 is 23.7 Å². The molecule has 1 unspecified atom stereocenters. The summed E-state index contributed by atoms with van der Waals surface area (Å²) in [6.45, 7) is 3.07.